The van der Waals surface area contributed by atoms with Crippen LogP contribution in [0, 0.1) is 0 Å². The lowest BCUT2D eigenvalue weighted by Crippen LogP contribution is -2.08. The number of benzene rings is 4. The summed E-state index contributed by atoms with van der Waals surface area (Å²) in [5.74, 6) is 0.796. The first kappa shape index (κ1) is 22.4. The van der Waals surface area contributed by atoms with Crippen molar-refractivity contribution in [1.82, 2.24) is 4.98 Å². The molecule has 37 heavy (non-hydrogen) atoms. The SMILES string of the molecule is COc1ccc2[nH]c(-c3ccccc3)c(/C=C3\Oc4cc(OC(=O)c5ccccc5)ccc4C3=O)c2c1. The fourth-order valence-electron chi connectivity index (χ4n) is 4.40. The Balaban J connectivity index is 1.37. The first-order valence-corrected chi connectivity index (χ1v) is 11.7. The number of carbonyl (C=O) groups is 2. The summed E-state index contributed by atoms with van der Waals surface area (Å²) in [7, 11) is 1.62. The minimum Gasteiger partial charge on any atom is -0.497 e. The lowest BCUT2D eigenvalue weighted by molar-refractivity contribution is 0.0734. The number of carbonyl (C=O) groups excluding carboxylic acids is 2. The molecule has 1 aliphatic heterocycles. The van der Waals surface area contributed by atoms with Gasteiger partial charge in [0.15, 0.2) is 5.76 Å². The van der Waals surface area contributed by atoms with E-state index in [0.717, 1.165) is 27.7 Å². The van der Waals surface area contributed by atoms with Crippen molar-refractivity contribution in [1.29, 1.82) is 0 Å². The molecular formula is C31H21NO5. The van der Waals surface area contributed by atoms with E-state index in [1.807, 2.05) is 54.6 Å². The van der Waals surface area contributed by atoms with Crippen LogP contribution in [0.5, 0.6) is 17.2 Å². The van der Waals surface area contributed by atoms with E-state index in [1.165, 1.54) is 0 Å². The van der Waals surface area contributed by atoms with Crippen molar-refractivity contribution in [3.63, 3.8) is 0 Å². The Morgan fingerprint density at radius 2 is 1.59 bits per heavy atom. The molecule has 0 spiro atoms. The van der Waals surface area contributed by atoms with Crippen molar-refractivity contribution in [2.24, 2.45) is 0 Å². The number of hydrogen-bond donors (Lipinski definition) is 1. The molecule has 1 N–H and O–H groups in total. The molecule has 2 heterocycles. The van der Waals surface area contributed by atoms with Crippen molar-refractivity contribution in [2.45, 2.75) is 0 Å². The number of esters is 1. The summed E-state index contributed by atoms with van der Waals surface area (Å²) in [5.41, 5.74) is 4.40. The molecule has 0 aliphatic carbocycles. The lowest BCUT2D eigenvalue weighted by Gasteiger charge is -2.06. The largest absolute Gasteiger partial charge is 0.497 e. The van der Waals surface area contributed by atoms with Crippen LogP contribution >= 0.6 is 0 Å². The third-order valence-corrected chi connectivity index (χ3v) is 6.25. The van der Waals surface area contributed by atoms with E-state index in [-0.39, 0.29) is 11.5 Å². The quantitative estimate of drug-likeness (QED) is 0.170. The van der Waals surface area contributed by atoms with Crippen LogP contribution in [-0.2, 0) is 0 Å². The molecule has 5 aromatic rings. The number of H-pyrrole nitrogens is 1. The van der Waals surface area contributed by atoms with Gasteiger partial charge in [0.25, 0.3) is 0 Å². The summed E-state index contributed by atoms with van der Waals surface area (Å²) in [6.07, 6.45) is 1.75. The highest BCUT2D eigenvalue weighted by Crippen LogP contribution is 2.38. The van der Waals surface area contributed by atoms with Crippen LogP contribution in [0.4, 0.5) is 0 Å². The number of ether oxygens (including phenoxy) is 3. The second kappa shape index (κ2) is 9.17. The van der Waals surface area contributed by atoms with Gasteiger partial charge in [0.05, 0.1) is 23.9 Å². The highest BCUT2D eigenvalue weighted by molar-refractivity contribution is 6.16. The Bertz CT molecular complexity index is 1680. The van der Waals surface area contributed by atoms with Crippen LogP contribution in [0.2, 0.25) is 0 Å². The van der Waals surface area contributed by atoms with E-state index in [1.54, 1.807) is 55.7 Å². The van der Waals surface area contributed by atoms with Gasteiger partial charge < -0.3 is 19.2 Å². The number of hydrogen-bond acceptors (Lipinski definition) is 5. The molecule has 0 atom stereocenters. The highest BCUT2D eigenvalue weighted by Gasteiger charge is 2.29. The van der Waals surface area contributed by atoms with Crippen molar-refractivity contribution in [3.8, 4) is 28.5 Å². The Labute approximate surface area is 212 Å². The molecule has 0 unspecified atom stereocenters. The molecule has 0 amide bonds. The maximum Gasteiger partial charge on any atom is 0.343 e. The minimum atomic E-state index is -0.485. The molecule has 0 radical (unpaired) electrons. The van der Waals surface area contributed by atoms with Gasteiger partial charge >= 0.3 is 5.97 Å². The summed E-state index contributed by atoms with van der Waals surface area (Å²) in [5, 5.41) is 0.899. The number of methoxy groups -OCH3 is 1. The van der Waals surface area contributed by atoms with Crippen molar-refractivity contribution in [2.75, 3.05) is 7.11 Å². The lowest BCUT2D eigenvalue weighted by atomic mass is 10.0. The van der Waals surface area contributed by atoms with Crippen LogP contribution in [-0.4, -0.2) is 23.8 Å². The van der Waals surface area contributed by atoms with E-state index >= 15 is 0 Å². The van der Waals surface area contributed by atoms with Crippen molar-refractivity contribution < 1.29 is 23.8 Å². The third kappa shape index (κ3) is 4.15. The second-order valence-electron chi connectivity index (χ2n) is 8.54. The Morgan fingerprint density at radius 1 is 0.865 bits per heavy atom. The van der Waals surface area contributed by atoms with E-state index in [0.29, 0.717) is 28.4 Å². The number of aromatic amines is 1. The van der Waals surface area contributed by atoms with Crippen LogP contribution < -0.4 is 14.2 Å². The third-order valence-electron chi connectivity index (χ3n) is 6.25. The van der Waals surface area contributed by atoms with Gasteiger partial charge in [-0.1, -0.05) is 48.5 Å². The summed E-state index contributed by atoms with van der Waals surface area (Å²) in [6.45, 7) is 0. The molecule has 6 nitrogen and oxygen atoms in total. The topological polar surface area (TPSA) is 77.6 Å². The van der Waals surface area contributed by atoms with Gasteiger partial charge in [-0.3, -0.25) is 4.79 Å². The zero-order valence-corrected chi connectivity index (χ0v) is 19.9. The number of fused-ring (bicyclic) bond motifs is 2. The molecule has 1 aromatic heterocycles. The molecule has 6 heteroatoms. The Hall–Kier alpha value is -5.10. The van der Waals surface area contributed by atoms with Gasteiger partial charge in [0, 0.05) is 22.5 Å². The molecule has 6 rings (SSSR count). The summed E-state index contributed by atoms with van der Waals surface area (Å²) >= 11 is 0. The molecule has 0 saturated carbocycles. The van der Waals surface area contributed by atoms with Crippen molar-refractivity contribution in [3.05, 3.63) is 120 Å². The molecule has 4 aromatic carbocycles. The molecule has 0 bridgehead atoms. The average molecular weight is 488 g/mol. The molecule has 0 saturated heterocycles. The molecule has 180 valence electrons. The van der Waals surface area contributed by atoms with Crippen LogP contribution in [0.3, 0.4) is 0 Å². The van der Waals surface area contributed by atoms with E-state index in [2.05, 4.69) is 4.98 Å². The van der Waals surface area contributed by atoms with Crippen molar-refractivity contribution >= 4 is 28.7 Å². The van der Waals surface area contributed by atoms with Gasteiger partial charge in [-0.25, -0.2) is 4.79 Å². The van der Waals surface area contributed by atoms with Gasteiger partial charge in [-0.05, 0) is 54.1 Å². The van der Waals surface area contributed by atoms with Gasteiger partial charge in [0.2, 0.25) is 5.78 Å². The summed E-state index contributed by atoms with van der Waals surface area (Å²) in [4.78, 5) is 29.2. The maximum atomic E-state index is 13.2. The predicted octanol–water partition coefficient (Wildman–Crippen LogP) is 6.68. The van der Waals surface area contributed by atoms with E-state index in [9.17, 15) is 9.59 Å². The average Bonchev–Trinajstić information content (AvgIpc) is 3.46. The van der Waals surface area contributed by atoms with Crippen LogP contribution in [0.25, 0.3) is 28.2 Å². The number of aromatic nitrogens is 1. The van der Waals surface area contributed by atoms with Gasteiger partial charge in [-0.2, -0.15) is 0 Å². The van der Waals surface area contributed by atoms with Crippen LogP contribution in [0.15, 0.2) is 103 Å². The smallest absolute Gasteiger partial charge is 0.343 e. The van der Waals surface area contributed by atoms with Gasteiger partial charge in [-0.15, -0.1) is 0 Å². The monoisotopic (exact) mass is 487 g/mol. The van der Waals surface area contributed by atoms with Crippen LogP contribution in [0.1, 0.15) is 26.3 Å². The summed E-state index contributed by atoms with van der Waals surface area (Å²) in [6, 6.07) is 29.1. The fourth-order valence-corrected chi connectivity index (χ4v) is 4.40. The number of nitrogens with one attached hydrogen (secondary N) is 1. The highest BCUT2D eigenvalue weighted by atomic mass is 16.5. The predicted molar refractivity (Wildman–Crippen MR) is 141 cm³/mol. The van der Waals surface area contributed by atoms with Gasteiger partial charge in [0.1, 0.15) is 17.2 Å². The fraction of sp³-hybridized carbons (Fsp3) is 0.0323. The van der Waals surface area contributed by atoms with E-state index < -0.39 is 5.97 Å². The standard InChI is InChI=1S/C31H21NO5/c1-35-21-13-15-26-24(16-21)25(29(32-26)19-8-4-2-5-9-19)18-28-30(33)23-14-12-22(17-27(23)37-28)36-31(34)20-10-6-3-7-11-20/h2-18,32H,1H3/b28-18-. The van der Waals surface area contributed by atoms with E-state index in [4.69, 9.17) is 14.2 Å². The number of Topliss-reactive ketones (excluding diaryl/α,β-unsaturated/α-hetero) is 1. The Kier molecular flexibility index (Phi) is 5.54. The maximum absolute atomic E-state index is 13.2. The second-order valence-corrected chi connectivity index (χ2v) is 8.54. The Morgan fingerprint density at radius 3 is 2.35 bits per heavy atom. The minimum absolute atomic E-state index is 0.183. The number of allylic oxidation sites excluding steroid dienone is 1. The molecule has 1 aliphatic rings. The normalized spacial score (nSPS) is 13.4. The molecular weight excluding hydrogens is 466 g/mol. The first-order valence-electron chi connectivity index (χ1n) is 11.7. The zero-order valence-electron chi connectivity index (χ0n) is 19.9. The first-order chi connectivity index (χ1) is 18.1. The molecule has 0 fully saturated rings. The zero-order chi connectivity index (χ0) is 25.4. The number of ketones is 1. The number of rotatable bonds is 5. The summed E-state index contributed by atoms with van der Waals surface area (Å²) < 4.78 is 16.9.